The van der Waals surface area contributed by atoms with Gasteiger partial charge in [-0.15, -0.1) is 6.58 Å². The van der Waals surface area contributed by atoms with Gasteiger partial charge in [0.15, 0.2) is 11.6 Å². The lowest BCUT2D eigenvalue weighted by atomic mass is 9.93. The molecule has 0 aliphatic heterocycles. The van der Waals surface area contributed by atoms with E-state index in [0.717, 1.165) is 31.2 Å². The third-order valence-corrected chi connectivity index (χ3v) is 4.91. The van der Waals surface area contributed by atoms with Gasteiger partial charge in [-0.2, -0.15) is 0 Å². The largest absolute Gasteiger partial charge is 0.393 e. The highest BCUT2D eigenvalue weighted by Gasteiger charge is 2.21. The Bertz CT molecular complexity index is 793. The highest BCUT2D eigenvalue weighted by molar-refractivity contribution is 5.66. The van der Waals surface area contributed by atoms with Gasteiger partial charge in [0.2, 0.25) is 0 Å². The minimum Gasteiger partial charge on any atom is -0.393 e. The summed E-state index contributed by atoms with van der Waals surface area (Å²) in [6, 6.07) is 3.95. The Hall–Kier alpha value is -2.51. The number of hydrogen-bond acceptors (Lipinski definition) is 7. The Kier molecular flexibility index (Phi) is 6.26. The standard InChI is InChI=1S/C21H29N5O2/c1-4-11-22-19-20(25-15-6-8-16(27)9-7-15)26-17(13-24-19)14-5-10-18(23-12-14)21(2,3)28/h4-5,10,12-13,15-16,27-28H,1,6-9,11H2,2-3H3,(H,22,24)(H,25,26)/i2+1,3+1,4+1,11+1,21+1. The van der Waals surface area contributed by atoms with E-state index in [4.69, 9.17) is 4.98 Å². The smallest absolute Gasteiger partial charge is 0.169 e. The first-order valence-electron chi connectivity index (χ1n) is 9.72. The predicted octanol–water partition coefficient (Wildman–Crippen LogP) is 3.08. The summed E-state index contributed by atoms with van der Waals surface area (Å²) in [5.41, 5.74) is 1.16. The van der Waals surface area contributed by atoms with Crippen LogP contribution in [0.2, 0.25) is 0 Å². The number of aliphatic hydroxyl groups excluding tert-OH is 1. The second-order valence-electron chi connectivity index (χ2n) is 7.76. The molecule has 0 aromatic carbocycles. The van der Waals surface area contributed by atoms with Gasteiger partial charge in [-0.1, -0.05) is 6.08 Å². The molecule has 1 fully saturated rings. The van der Waals surface area contributed by atoms with E-state index in [1.165, 1.54) is 0 Å². The number of nitrogens with zero attached hydrogens (tertiary/aromatic N) is 3. The third-order valence-electron chi connectivity index (χ3n) is 4.91. The molecule has 0 bridgehead atoms. The molecule has 1 aliphatic rings. The monoisotopic (exact) mass is 388 g/mol. The molecule has 150 valence electrons. The van der Waals surface area contributed by atoms with Crippen molar-refractivity contribution in [3.63, 3.8) is 0 Å². The Balaban J connectivity index is 1.85. The summed E-state index contributed by atoms with van der Waals surface area (Å²) in [6.45, 7) is 7.74. The lowest BCUT2D eigenvalue weighted by Crippen LogP contribution is -2.29. The fourth-order valence-electron chi connectivity index (χ4n) is 3.25. The van der Waals surface area contributed by atoms with Crippen molar-refractivity contribution >= 4 is 11.6 Å². The SMILES string of the molecule is C=[13CH][13CH2]Nc1ncc(-c2ccc([13C]([13CH3])([13CH3])O)nc2)nc1NC1CCC(O)CC1. The van der Waals surface area contributed by atoms with E-state index in [-0.39, 0.29) is 12.1 Å². The van der Waals surface area contributed by atoms with Crippen molar-refractivity contribution in [2.75, 3.05) is 17.2 Å². The number of nitrogens with one attached hydrogen (secondary N) is 2. The molecule has 0 spiro atoms. The van der Waals surface area contributed by atoms with Gasteiger partial charge in [-0.3, -0.25) is 4.98 Å². The molecule has 3 rings (SSSR count). The van der Waals surface area contributed by atoms with E-state index in [9.17, 15) is 10.2 Å². The molecule has 1 saturated carbocycles. The van der Waals surface area contributed by atoms with Gasteiger partial charge in [0.25, 0.3) is 0 Å². The van der Waals surface area contributed by atoms with Crippen LogP contribution < -0.4 is 10.6 Å². The first kappa shape index (κ1) is 20.2. The number of rotatable bonds is 7. The highest BCUT2D eigenvalue weighted by Crippen LogP contribution is 2.27. The van der Waals surface area contributed by atoms with Crippen molar-refractivity contribution in [3.05, 3.63) is 42.9 Å². The van der Waals surface area contributed by atoms with E-state index in [1.54, 1.807) is 38.4 Å². The second-order valence-corrected chi connectivity index (χ2v) is 7.76. The minimum absolute atomic E-state index is 0.200. The molecule has 0 radical (unpaired) electrons. The Morgan fingerprint density at radius 2 is 1.89 bits per heavy atom. The molecule has 4 N–H and O–H groups in total. The Morgan fingerprint density at radius 3 is 2.50 bits per heavy atom. The third kappa shape index (κ3) is 5.05. The highest BCUT2D eigenvalue weighted by atomic mass is 16.4. The van der Waals surface area contributed by atoms with Crippen LogP contribution in [-0.4, -0.2) is 43.9 Å². The van der Waals surface area contributed by atoms with Crippen molar-refractivity contribution in [1.29, 1.82) is 0 Å². The van der Waals surface area contributed by atoms with Gasteiger partial charge in [0.05, 0.1) is 23.7 Å². The zero-order valence-corrected chi connectivity index (χ0v) is 16.5. The van der Waals surface area contributed by atoms with Crippen LogP contribution >= 0.6 is 0 Å². The van der Waals surface area contributed by atoms with Crippen LogP contribution in [0, 0.1) is 0 Å². The summed E-state index contributed by atoms with van der Waals surface area (Å²) < 4.78 is 0. The topological polar surface area (TPSA) is 103 Å². The van der Waals surface area contributed by atoms with Gasteiger partial charge in [0.1, 0.15) is 5.60 Å². The summed E-state index contributed by atoms with van der Waals surface area (Å²) in [7, 11) is 0. The van der Waals surface area contributed by atoms with Crippen LogP contribution in [0.4, 0.5) is 11.6 Å². The molecule has 2 aromatic heterocycles. The van der Waals surface area contributed by atoms with E-state index in [1.807, 2.05) is 6.07 Å². The maximum atomic E-state index is 10.1. The molecule has 0 unspecified atom stereocenters. The van der Waals surface area contributed by atoms with E-state index < -0.39 is 5.60 Å². The average molecular weight is 388 g/mol. The van der Waals surface area contributed by atoms with Crippen LogP contribution in [0.1, 0.15) is 45.2 Å². The quantitative estimate of drug-likeness (QED) is 0.427. The van der Waals surface area contributed by atoms with Gasteiger partial charge in [-0.25, -0.2) is 9.97 Å². The molecule has 7 nitrogen and oxygen atoms in total. The molecule has 7 heteroatoms. The number of hydrogen-bond donors (Lipinski definition) is 4. The van der Waals surface area contributed by atoms with Crippen molar-refractivity contribution in [3.8, 4) is 11.3 Å². The van der Waals surface area contributed by atoms with Crippen LogP contribution in [0.25, 0.3) is 11.3 Å². The average Bonchev–Trinajstić information content (AvgIpc) is 2.68. The molecule has 0 saturated heterocycles. The van der Waals surface area contributed by atoms with E-state index in [0.29, 0.717) is 29.6 Å². The Labute approximate surface area is 166 Å². The fraction of sp³-hybridized carbons (Fsp3) is 0.476. The summed E-state index contributed by atoms with van der Waals surface area (Å²) in [5, 5.41) is 26.5. The van der Waals surface area contributed by atoms with Gasteiger partial charge in [0, 0.05) is 24.3 Å². The molecule has 28 heavy (non-hydrogen) atoms. The first-order valence-corrected chi connectivity index (χ1v) is 9.72. The zero-order chi connectivity index (χ0) is 20.1. The molecule has 0 atom stereocenters. The maximum absolute atomic E-state index is 10.1. The van der Waals surface area contributed by atoms with Crippen molar-refractivity contribution < 1.29 is 10.2 Å². The summed E-state index contributed by atoms with van der Waals surface area (Å²) in [4.78, 5) is 13.7. The Morgan fingerprint density at radius 1 is 1.14 bits per heavy atom. The van der Waals surface area contributed by atoms with Gasteiger partial charge < -0.3 is 20.8 Å². The second kappa shape index (κ2) is 8.67. The summed E-state index contributed by atoms with van der Waals surface area (Å²) in [6.07, 6.45) is 8.37. The number of aliphatic hydroxyl groups is 2. The first-order chi connectivity index (χ1) is 13.4. The minimum atomic E-state index is -0.985. The van der Waals surface area contributed by atoms with Gasteiger partial charge >= 0.3 is 0 Å². The predicted molar refractivity (Wildman–Crippen MR) is 111 cm³/mol. The lowest BCUT2D eigenvalue weighted by Gasteiger charge is -2.27. The van der Waals surface area contributed by atoms with E-state index in [2.05, 4.69) is 27.2 Å². The van der Waals surface area contributed by atoms with Crippen LogP contribution in [-0.2, 0) is 5.60 Å². The molecular formula is C21H29N5O2. The number of anilines is 2. The van der Waals surface area contributed by atoms with Crippen molar-refractivity contribution in [2.24, 2.45) is 0 Å². The lowest BCUT2D eigenvalue weighted by molar-refractivity contribution is 0.0739. The normalized spacial score (nSPS) is 19.9. The number of pyridine rings is 1. The molecular weight excluding hydrogens is 359 g/mol. The van der Waals surface area contributed by atoms with E-state index >= 15 is 0 Å². The molecule has 0 amide bonds. The van der Waals surface area contributed by atoms with Gasteiger partial charge in [-0.05, 0) is 51.7 Å². The van der Waals surface area contributed by atoms with Crippen LogP contribution in [0.15, 0.2) is 37.2 Å². The van der Waals surface area contributed by atoms with Crippen molar-refractivity contribution in [2.45, 2.75) is 57.3 Å². The number of aromatic nitrogens is 3. The summed E-state index contributed by atoms with van der Waals surface area (Å²) in [5.74, 6) is 1.36. The molecule has 2 heterocycles. The van der Waals surface area contributed by atoms with Crippen LogP contribution in [0.3, 0.4) is 0 Å². The molecule has 1 aliphatic carbocycles. The molecule has 2 aromatic rings. The fourth-order valence-corrected chi connectivity index (χ4v) is 3.25. The van der Waals surface area contributed by atoms with Crippen LogP contribution in [0.5, 0.6) is 0 Å². The maximum Gasteiger partial charge on any atom is 0.169 e. The zero-order valence-electron chi connectivity index (χ0n) is 16.5. The summed E-state index contributed by atoms with van der Waals surface area (Å²) >= 11 is 0. The van der Waals surface area contributed by atoms with Crippen molar-refractivity contribution in [1.82, 2.24) is 15.0 Å².